The Morgan fingerprint density at radius 1 is 0.879 bits per heavy atom. The molecule has 6 heteroatoms. The van der Waals surface area contributed by atoms with Crippen molar-refractivity contribution in [2.75, 3.05) is 18.6 Å². The molecule has 1 aliphatic heterocycles. The summed E-state index contributed by atoms with van der Waals surface area (Å²) in [4.78, 5) is 29.7. The highest BCUT2D eigenvalue weighted by atomic mass is 19.1. The first-order valence-electron chi connectivity index (χ1n) is 10.9. The van der Waals surface area contributed by atoms with Gasteiger partial charge in [-0.3, -0.25) is 9.59 Å². The van der Waals surface area contributed by atoms with Crippen LogP contribution in [0.5, 0.6) is 5.75 Å². The van der Waals surface area contributed by atoms with Gasteiger partial charge in [-0.1, -0.05) is 61.5 Å². The first kappa shape index (κ1) is 22.3. The number of likely N-dealkylation sites (N-methyl/N-ethyl adjacent to an activating group) is 1. The molecule has 0 spiro atoms. The minimum atomic E-state index is -0.631. The molecule has 3 aromatic rings. The van der Waals surface area contributed by atoms with Crippen molar-refractivity contribution >= 4 is 23.1 Å². The van der Waals surface area contributed by atoms with Gasteiger partial charge in [-0.2, -0.15) is 0 Å². The van der Waals surface area contributed by atoms with Gasteiger partial charge in [0.25, 0.3) is 11.8 Å². The van der Waals surface area contributed by atoms with Gasteiger partial charge in [0.1, 0.15) is 17.3 Å². The lowest BCUT2D eigenvalue weighted by Gasteiger charge is -2.21. The summed E-state index contributed by atoms with van der Waals surface area (Å²) in [7, 11) is 1.76. The van der Waals surface area contributed by atoms with Gasteiger partial charge in [-0.25, -0.2) is 9.29 Å². The monoisotopic (exact) mass is 444 g/mol. The average molecular weight is 445 g/mol. The fourth-order valence-corrected chi connectivity index (χ4v) is 3.86. The van der Waals surface area contributed by atoms with Crippen molar-refractivity contribution < 1.29 is 18.7 Å². The van der Waals surface area contributed by atoms with E-state index in [0.717, 1.165) is 16.9 Å². The summed E-state index contributed by atoms with van der Waals surface area (Å²) in [6.45, 7) is 3.03. The molecular weight excluding hydrogens is 419 g/mol. The maximum absolute atomic E-state index is 14.6. The molecule has 33 heavy (non-hydrogen) atoms. The Labute approximate surface area is 192 Å². The Bertz CT molecular complexity index is 1190. The first-order valence-corrected chi connectivity index (χ1v) is 10.9. The number of anilines is 1. The van der Waals surface area contributed by atoms with Crippen LogP contribution in [-0.4, -0.2) is 30.4 Å². The second kappa shape index (κ2) is 9.69. The predicted octanol–water partition coefficient (Wildman–Crippen LogP) is 5.03. The van der Waals surface area contributed by atoms with Gasteiger partial charge in [-0.05, 0) is 41.8 Å². The molecule has 2 amide bonds. The van der Waals surface area contributed by atoms with E-state index in [-0.39, 0.29) is 17.0 Å². The van der Waals surface area contributed by atoms with E-state index in [9.17, 15) is 14.0 Å². The van der Waals surface area contributed by atoms with Crippen LogP contribution in [0.2, 0.25) is 0 Å². The molecule has 0 atom stereocenters. The lowest BCUT2D eigenvalue weighted by Crippen LogP contribution is -2.34. The van der Waals surface area contributed by atoms with Crippen LogP contribution in [0.4, 0.5) is 10.1 Å². The number of ether oxygens (including phenoxy) is 1. The normalized spacial score (nSPS) is 13.6. The minimum Gasteiger partial charge on any atom is -0.494 e. The number of para-hydroxylation sites is 1. The minimum absolute atomic E-state index is 0.0592. The summed E-state index contributed by atoms with van der Waals surface area (Å²) in [6, 6.07) is 22.5. The molecule has 0 bridgehead atoms. The van der Waals surface area contributed by atoms with E-state index in [0.29, 0.717) is 24.5 Å². The number of imide groups is 1. The number of nitrogens with zero attached hydrogens (tertiary/aromatic N) is 2. The number of hydrogen-bond acceptors (Lipinski definition) is 4. The van der Waals surface area contributed by atoms with Crippen molar-refractivity contribution in [2.45, 2.75) is 19.9 Å². The summed E-state index contributed by atoms with van der Waals surface area (Å²) in [5.74, 6) is -1.05. The van der Waals surface area contributed by atoms with Crippen LogP contribution in [0.15, 0.2) is 84.6 Å². The van der Waals surface area contributed by atoms with Crippen molar-refractivity contribution in [3.63, 3.8) is 0 Å². The Morgan fingerprint density at radius 2 is 1.55 bits per heavy atom. The second-order valence-corrected chi connectivity index (χ2v) is 7.84. The van der Waals surface area contributed by atoms with Gasteiger partial charge in [-0.15, -0.1) is 0 Å². The fourth-order valence-electron chi connectivity index (χ4n) is 3.86. The molecule has 3 aromatic carbocycles. The second-order valence-electron chi connectivity index (χ2n) is 7.84. The van der Waals surface area contributed by atoms with Crippen molar-refractivity contribution in [3.8, 4) is 5.75 Å². The highest BCUT2D eigenvalue weighted by Gasteiger charge is 2.42. The van der Waals surface area contributed by atoms with Gasteiger partial charge in [0.05, 0.1) is 17.9 Å². The summed E-state index contributed by atoms with van der Waals surface area (Å²) in [6.07, 6.45) is 0.881. The summed E-state index contributed by atoms with van der Waals surface area (Å²) < 4.78 is 20.2. The van der Waals surface area contributed by atoms with Crippen molar-refractivity contribution in [2.24, 2.45) is 0 Å². The number of carbonyl (C=O) groups is 2. The predicted molar refractivity (Wildman–Crippen MR) is 126 cm³/mol. The number of rotatable bonds is 8. The molecule has 0 N–H and O–H groups in total. The van der Waals surface area contributed by atoms with Crippen molar-refractivity contribution in [3.05, 3.63) is 102 Å². The third-order valence-corrected chi connectivity index (χ3v) is 5.41. The smallest absolute Gasteiger partial charge is 0.282 e. The van der Waals surface area contributed by atoms with Crippen LogP contribution in [0.3, 0.4) is 0 Å². The van der Waals surface area contributed by atoms with E-state index in [1.807, 2.05) is 37.3 Å². The topological polar surface area (TPSA) is 49.9 Å². The first-order chi connectivity index (χ1) is 16.0. The molecule has 0 aliphatic carbocycles. The molecule has 168 valence electrons. The molecule has 0 saturated heterocycles. The van der Waals surface area contributed by atoms with E-state index in [1.54, 1.807) is 42.3 Å². The van der Waals surface area contributed by atoms with Gasteiger partial charge < -0.3 is 9.64 Å². The van der Waals surface area contributed by atoms with Crippen LogP contribution < -0.4 is 9.64 Å². The molecule has 0 saturated carbocycles. The van der Waals surface area contributed by atoms with Crippen molar-refractivity contribution in [1.82, 2.24) is 4.90 Å². The van der Waals surface area contributed by atoms with Gasteiger partial charge in [0.15, 0.2) is 0 Å². The zero-order chi connectivity index (χ0) is 23.4. The standard InChI is InChI=1S/C27H25FN2O3/c1-3-17-33-21-15-13-20(14-16-21)24-25(29(2)18-19-9-5-4-6-10-19)27(32)30(26(24)31)23-12-8-7-11-22(23)28/h4-16H,3,17-18H2,1-2H3. The number of amides is 2. The molecule has 1 heterocycles. The Morgan fingerprint density at radius 3 is 2.21 bits per heavy atom. The zero-order valence-corrected chi connectivity index (χ0v) is 18.6. The Kier molecular flexibility index (Phi) is 6.54. The molecule has 0 radical (unpaired) electrons. The molecule has 1 aliphatic rings. The Balaban J connectivity index is 1.76. The SMILES string of the molecule is CCCOc1ccc(C2=C(N(C)Cc3ccccc3)C(=O)N(c3ccccc3F)C2=O)cc1. The van der Waals surface area contributed by atoms with E-state index < -0.39 is 17.6 Å². The number of halogens is 1. The van der Waals surface area contributed by atoms with Crippen LogP contribution in [-0.2, 0) is 16.1 Å². The summed E-state index contributed by atoms with van der Waals surface area (Å²) >= 11 is 0. The molecule has 0 aromatic heterocycles. The molecular formula is C27H25FN2O3. The molecule has 0 unspecified atom stereocenters. The van der Waals surface area contributed by atoms with Gasteiger partial charge in [0.2, 0.25) is 0 Å². The van der Waals surface area contributed by atoms with Crippen molar-refractivity contribution in [1.29, 1.82) is 0 Å². The molecule has 5 nitrogen and oxygen atoms in total. The summed E-state index contributed by atoms with van der Waals surface area (Å²) in [5, 5.41) is 0. The Hall–Kier alpha value is -3.93. The third-order valence-electron chi connectivity index (χ3n) is 5.41. The molecule has 0 fully saturated rings. The maximum Gasteiger partial charge on any atom is 0.282 e. The number of hydrogen-bond donors (Lipinski definition) is 0. The van der Waals surface area contributed by atoms with Crippen LogP contribution in [0, 0.1) is 5.82 Å². The highest BCUT2D eigenvalue weighted by Crippen LogP contribution is 2.36. The molecule has 4 rings (SSSR count). The average Bonchev–Trinajstić information content (AvgIpc) is 3.09. The van der Waals surface area contributed by atoms with Gasteiger partial charge in [0, 0.05) is 13.6 Å². The van der Waals surface area contributed by atoms with Crippen LogP contribution in [0.1, 0.15) is 24.5 Å². The number of carbonyl (C=O) groups excluding carboxylic acids is 2. The van der Waals surface area contributed by atoms with E-state index in [1.165, 1.54) is 18.2 Å². The van der Waals surface area contributed by atoms with Crippen LogP contribution in [0.25, 0.3) is 5.57 Å². The quantitative estimate of drug-likeness (QED) is 0.457. The lowest BCUT2D eigenvalue weighted by atomic mass is 10.0. The van der Waals surface area contributed by atoms with Gasteiger partial charge >= 0.3 is 0 Å². The van der Waals surface area contributed by atoms with E-state index in [4.69, 9.17) is 4.74 Å². The fraction of sp³-hybridized carbons (Fsp3) is 0.185. The van der Waals surface area contributed by atoms with E-state index >= 15 is 0 Å². The third kappa shape index (κ3) is 4.51. The van der Waals surface area contributed by atoms with E-state index in [2.05, 4.69) is 0 Å². The zero-order valence-electron chi connectivity index (χ0n) is 18.6. The van der Waals surface area contributed by atoms with Crippen LogP contribution >= 0.6 is 0 Å². The lowest BCUT2D eigenvalue weighted by molar-refractivity contribution is -0.120. The summed E-state index contributed by atoms with van der Waals surface area (Å²) in [5.41, 5.74) is 1.97. The highest BCUT2D eigenvalue weighted by molar-refractivity contribution is 6.45. The largest absolute Gasteiger partial charge is 0.494 e. The number of benzene rings is 3. The maximum atomic E-state index is 14.6.